The zero-order valence-corrected chi connectivity index (χ0v) is 32.9. The minimum atomic E-state index is 0.605. The minimum absolute atomic E-state index is 0.605. The van der Waals surface area contributed by atoms with Crippen molar-refractivity contribution < 1.29 is 4.42 Å². The molecule has 0 aliphatic rings. The molecule has 0 spiro atoms. The van der Waals surface area contributed by atoms with Crippen molar-refractivity contribution >= 4 is 21.9 Å². The van der Waals surface area contributed by atoms with E-state index in [0.29, 0.717) is 23.3 Å². The first kappa shape index (κ1) is 35.8. The van der Waals surface area contributed by atoms with Gasteiger partial charge in [-0.05, 0) is 46.5 Å². The van der Waals surface area contributed by atoms with Crippen LogP contribution in [0.25, 0.3) is 112 Å². The molecule has 0 aliphatic carbocycles. The highest BCUT2D eigenvalue weighted by Crippen LogP contribution is 2.38. The van der Waals surface area contributed by atoms with Gasteiger partial charge in [-0.2, -0.15) is 0 Å². The second-order valence-corrected chi connectivity index (χ2v) is 14.9. The number of fused-ring (bicyclic) bond motifs is 3. The van der Waals surface area contributed by atoms with Gasteiger partial charge in [-0.25, -0.2) is 24.9 Å². The van der Waals surface area contributed by atoms with E-state index in [2.05, 4.69) is 121 Å². The van der Waals surface area contributed by atoms with E-state index in [1.807, 2.05) is 91.0 Å². The van der Waals surface area contributed by atoms with E-state index in [0.717, 1.165) is 83.4 Å². The first-order valence-electron chi connectivity index (χ1n) is 20.2. The molecule has 3 aromatic heterocycles. The lowest BCUT2D eigenvalue weighted by atomic mass is 10.0. The maximum Gasteiger partial charge on any atom is 0.164 e. The van der Waals surface area contributed by atoms with Crippen molar-refractivity contribution in [3.05, 3.63) is 212 Å². The number of nitrogens with zero attached hydrogens (tertiary/aromatic N) is 5. The van der Waals surface area contributed by atoms with Crippen LogP contribution in [0.15, 0.2) is 217 Å². The first-order chi connectivity index (χ1) is 30.2. The summed E-state index contributed by atoms with van der Waals surface area (Å²) in [6.07, 6.45) is 0. The average Bonchev–Trinajstić information content (AvgIpc) is 3.73. The normalized spacial score (nSPS) is 11.3. The second-order valence-electron chi connectivity index (χ2n) is 14.9. The molecule has 0 bridgehead atoms. The summed E-state index contributed by atoms with van der Waals surface area (Å²) in [4.78, 5) is 25.0. The summed E-state index contributed by atoms with van der Waals surface area (Å²) in [5.74, 6) is 2.49. The van der Waals surface area contributed by atoms with Gasteiger partial charge >= 0.3 is 0 Å². The van der Waals surface area contributed by atoms with Crippen LogP contribution in [0.3, 0.4) is 0 Å². The van der Waals surface area contributed by atoms with E-state index in [1.165, 1.54) is 5.56 Å². The van der Waals surface area contributed by atoms with Crippen molar-refractivity contribution in [2.75, 3.05) is 0 Å². The summed E-state index contributed by atoms with van der Waals surface area (Å²) in [5, 5.41) is 2.04. The summed E-state index contributed by atoms with van der Waals surface area (Å²) in [6, 6.07) is 72.3. The van der Waals surface area contributed by atoms with E-state index in [-0.39, 0.29) is 0 Å². The Bertz CT molecular complexity index is 3260. The number of hydrogen-bond acceptors (Lipinski definition) is 6. The van der Waals surface area contributed by atoms with Crippen molar-refractivity contribution in [3.63, 3.8) is 0 Å². The van der Waals surface area contributed by atoms with E-state index >= 15 is 0 Å². The Morgan fingerprint density at radius 1 is 0.262 bits per heavy atom. The molecule has 3 heterocycles. The second kappa shape index (κ2) is 15.4. The number of hydrogen-bond donors (Lipinski definition) is 0. The number of benzene rings is 8. The Morgan fingerprint density at radius 3 is 1.23 bits per heavy atom. The molecule has 8 aromatic carbocycles. The molecular formula is C55H35N5O. The number of aromatic nitrogens is 5. The van der Waals surface area contributed by atoms with Crippen molar-refractivity contribution in [1.29, 1.82) is 0 Å². The monoisotopic (exact) mass is 781 g/mol. The fourth-order valence-electron chi connectivity index (χ4n) is 7.84. The molecular weight excluding hydrogens is 747 g/mol. The smallest absolute Gasteiger partial charge is 0.164 e. The summed E-state index contributed by atoms with van der Waals surface area (Å²) in [6.45, 7) is 0. The van der Waals surface area contributed by atoms with Gasteiger partial charge in [0.15, 0.2) is 23.3 Å². The molecule has 0 radical (unpaired) electrons. The maximum absolute atomic E-state index is 6.75. The van der Waals surface area contributed by atoms with Crippen LogP contribution >= 0.6 is 0 Å². The highest BCUT2D eigenvalue weighted by Gasteiger charge is 2.18. The van der Waals surface area contributed by atoms with Gasteiger partial charge in [-0.15, -0.1) is 0 Å². The van der Waals surface area contributed by atoms with Crippen LogP contribution in [0.4, 0.5) is 0 Å². The zero-order chi connectivity index (χ0) is 40.5. The maximum atomic E-state index is 6.75. The van der Waals surface area contributed by atoms with Gasteiger partial charge in [-0.1, -0.05) is 188 Å². The Balaban J connectivity index is 0.956. The Morgan fingerprint density at radius 2 is 0.672 bits per heavy atom. The Hall–Kier alpha value is -8.35. The van der Waals surface area contributed by atoms with Crippen LogP contribution in [0.5, 0.6) is 0 Å². The number of para-hydroxylation sites is 1. The molecule has 61 heavy (non-hydrogen) atoms. The SMILES string of the molecule is c1ccc(-c2ccc(-c3cc(-c4ccccc4)nc(-c4cccc5c4oc4cc(-c6ccc(-c7nc(-c8ccccc8)nc(-c8ccccc8)n7)cc6)ccc45)n3)cc2)cc1. The van der Waals surface area contributed by atoms with Gasteiger partial charge in [-0.3, -0.25) is 0 Å². The number of furan rings is 1. The van der Waals surface area contributed by atoms with Crippen LogP contribution in [0.2, 0.25) is 0 Å². The van der Waals surface area contributed by atoms with E-state index in [1.54, 1.807) is 0 Å². The lowest BCUT2D eigenvalue weighted by molar-refractivity contribution is 0.669. The predicted molar refractivity (Wildman–Crippen MR) is 246 cm³/mol. The Labute approximate surface area is 352 Å². The predicted octanol–water partition coefficient (Wildman–Crippen LogP) is 13.9. The van der Waals surface area contributed by atoms with Crippen LogP contribution in [0.1, 0.15) is 0 Å². The van der Waals surface area contributed by atoms with Crippen LogP contribution < -0.4 is 0 Å². The van der Waals surface area contributed by atoms with Crippen molar-refractivity contribution in [3.8, 4) is 90.3 Å². The molecule has 0 aliphatic heterocycles. The van der Waals surface area contributed by atoms with E-state index < -0.39 is 0 Å². The van der Waals surface area contributed by atoms with Gasteiger partial charge < -0.3 is 4.42 Å². The van der Waals surface area contributed by atoms with Gasteiger partial charge in [0.05, 0.1) is 17.0 Å². The molecule has 11 rings (SSSR count). The standard InChI is InChI=1S/C55H35N5O/c1-5-14-36(15-6-1)37-24-28-40(29-25-37)49-35-48(39-16-7-2-8-17-39)56-55(57-49)47-23-13-22-46-45-33-32-44(34-50(45)61-51(46)47)38-26-30-43(31-27-38)54-59-52(41-18-9-3-10-19-41)58-53(60-54)42-20-11-4-12-21-42/h1-35H. The summed E-state index contributed by atoms with van der Waals surface area (Å²) in [7, 11) is 0. The van der Waals surface area contributed by atoms with E-state index in [4.69, 9.17) is 29.3 Å². The lowest BCUT2D eigenvalue weighted by Crippen LogP contribution is -2.00. The van der Waals surface area contributed by atoms with Gasteiger partial charge in [0, 0.05) is 38.6 Å². The average molecular weight is 782 g/mol. The third-order valence-electron chi connectivity index (χ3n) is 11.0. The van der Waals surface area contributed by atoms with Crippen LogP contribution in [0, 0.1) is 0 Å². The molecule has 0 unspecified atom stereocenters. The minimum Gasteiger partial charge on any atom is -0.455 e. The largest absolute Gasteiger partial charge is 0.455 e. The number of rotatable bonds is 8. The molecule has 0 amide bonds. The fraction of sp³-hybridized carbons (Fsp3) is 0. The fourth-order valence-corrected chi connectivity index (χ4v) is 7.84. The first-order valence-corrected chi connectivity index (χ1v) is 20.2. The third-order valence-corrected chi connectivity index (χ3v) is 11.0. The van der Waals surface area contributed by atoms with Crippen molar-refractivity contribution in [2.45, 2.75) is 0 Å². The quantitative estimate of drug-likeness (QED) is 0.153. The molecule has 0 atom stereocenters. The highest BCUT2D eigenvalue weighted by atomic mass is 16.3. The van der Waals surface area contributed by atoms with E-state index in [9.17, 15) is 0 Å². The third kappa shape index (κ3) is 7.02. The molecule has 286 valence electrons. The molecule has 0 N–H and O–H groups in total. The molecule has 11 aromatic rings. The van der Waals surface area contributed by atoms with Crippen LogP contribution in [-0.2, 0) is 0 Å². The van der Waals surface area contributed by atoms with Gasteiger partial charge in [0.1, 0.15) is 11.2 Å². The molecule has 6 nitrogen and oxygen atoms in total. The zero-order valence-electron chi connectivity index (χ0n) is 32.9. The summed E-state index contributed by atoms with van der Waals surface area (Å²) >= 11 is 0. The van der Waals surface area contributed by atoms with Gasteiger partial charge in [0.25, 0.3) is 0 Å². The lowest BCUT2D eigenvalue weighted by Gasteiger charge is -2.10. The molecule has 0 saturated heterocycles. The topological polar surface area (TPSA) is 77.6 Å². The van der Waals surface area contributed by atoms with Crippen molar-refractivity contribution in [2.24, 2.45) is 0 Å². The van der Waals surface area contributed by atoms with Crippen molar-refractivity contribution in [1.82, 2.24) is 24.9 Å². The highest BCUT2D eigenvalue weighted by molar-refractivity contribution is 6.10. The summed E-state index contributed by atoms with van der Waals surface area (Å²) < 4.78 is 6.75. The Kier molecular flexibility index (Phi) is 9.06. The van der Waals surface area contributed by atoms with Crippen LogP contribution in [-0.4, -0.2) is 24.9 Å². The molecule has 0 fully saturated rings. The molecule has 6 heteroatoms. The molecule has 0 saturated carbocycles. The van der Waals surface area contributed by atoms with Gasteiger partial charge in [0.2, 0.25) is 0 Å². The summed E-state index contributed by atoms with van der Waals surface area (Å²) in [5.41, 5.74) is 13.3.